The number of cyclic esters (lactones) is 1. The van der Waals surface area contributed by atoms with Crippen molar-refractivity contribution in [2.75, 3.05) is 18.0 Å². The highest BCUT2D eigenvalue weighted by molar-refractivity contribution is 5.72. The van der Waals surface area contributed by atoms with E-state index in [4.69, 9.17) is 9.47 Å². The Hall–Kier alpha value is -1.75. The Balaban J connectivity index is 1.75. The van der Waals surface area contributed by atoms with Gasteiger partial charge in [0.25, 0.3) is 0 Å². The normalized spacial score (nSPS) is 25.4. The smallest absolute Gasteiger partial charge is 0.308 e. The number of nitrogens with zero attached hydrogens (tertiary/aromatic N) is 1. The van der Waals surface area contributed by atoms with Gasteiger partial charge in [0.05, 0.1) is 12.5 Å². The predicted octanol–water partition coefficient (Wildman–Crippen LogP) is 4.43. The summed E-state index contributed by atoms with van der Waals surface area (Å²) in [6, 6.07) is 0. The Morgan fingerprint density at radius 3 is 2.57 bits per heavy atom. The fourth-order valence-electron chi connectivity index (χ4n) is 5.60. The zero-order valence-corrected chi connectivity index (χ0v) is 19.2. The molecule has 5 heteroatoms. The summed E-state index contributed by atoms with van der Waals surface area (Å²) in [7, 11) is 0. The van der Waals surface area contributed by atoms with E-state index >= 15 is 0 Å². The van der Waals surface area contributed by atoms with E-state index in [2.05, 4.69) is 39.5 Å². The average molecular weight is 416 g/mol. The Kier molecular flexibility index (Phi) is 5.78. The summed E-state index contributed by atoms with van der Waals surface area (Å²) in [6.07, 6.45) is 4.80. The van der Waals surface area contributed by atoms with Gasteiger partial charge in [0.15, 0.2) is 0 Å². The molecule has 1 aromatic rings. The third kappa shape index (κ3) is 4.05. The molecule has 0 saturated carbocycles. The van der Waals surface area contributed by atoms with Crippen molar-refractivity contribution >= 4 is 11.7 Å². The number of anilines is 1. The molecule has 0 radical (unpaired) electrons. The number of aliphatic hydroxyl groups is 1. The molecule has 2 fully saturated rings. The van der Waals surface area contributed by atoms with Crippen LogP contribution < -0.4 is 9.64 Å². The van der Waals surface area contributed by atoms with Crippen molar-refractivity contribution in [2.45, 2.75) is 103 Å². The molecule has 166 valence electrons. The molecule has 2 saturated heterocycles. The van der Waals surface area contributed by atoms with Crippen LogP contribution in [0, 0.1) is 6.92 Å². The SMILES string of the molecule is Cc1c2c(c(CCC3CC(O)CC(=O)O3)c(C(C)C)c1N1CCCC1)OC(C)(C)C2. The second kappa shape index (κ2) is 8.07. The molecule has 0 aromatic heterocycles. The van der Waals surface area contributed by atoms with Gasteiger partial charge in [-0.05, 0) is 63.5 Å². The van der Waals surface area contributed by atoms with Crippen molar-refractivity contribution in [1.29, 1.82) is 0 Å². The van der Waals surface area contributed by atoms with Crippen molar-refractivity contribution in [3.63, 3.8) is 0 Å². The molecule has 0 amide bonds. The van der Waals surface area contributed by atoms with E-state index in [0.29, 0.717) is 12.3 Å². The van der Waals surface area contributed by atoms with E-state index in [9.17, 15) is 9.90 Å². The quantitative estimate of drug-likeness (QED) is 0.721. The zero-order chi connectivity index (χ0) is 21.6. The van der Waals surface area contributed by atoms with Crippen molar-refractivity contribution in [1.82, 2.24) is 0 Å². The summed E-state index contributed by atoms with van der Waals surface area (Å²) < 4.78 is 12.1. The minimum absolute atomic E-state index is 0.115. The van der Waals surface area contributed by atoms with Crippen LogP contribution in [0.2, 0.25) is 0 Å². The van der Waals surface area contributed by atoms with Crippen molar-refractivity contribution in [3.05, 3.63) is 22.3 Å². The van der Waals surface area contributed by atoms with E-state index in [1.54, 1.807) is 0 Å². The molecule has 0 spiro atoms. The van der Waals surface area contributed by atoms with Gasteiger partial charge in [0, 0.05) is 42.7 Å². The van der Waals surface area contributed by atoms with E-state index < -0.39 is 6.10 Å². The maximum absolute atomic E-state index is 11.8. The fourth-order valence-corrected chi connectivity index (χ4v) is 5.60. The molecule has 3 heterocycles. The molecule has 3 aliphatic heterocycles. The number of ether oxygens (including phenoxy) is 2. The van der Waals surface area contributed by atoms with Crippen LogP contribution in [0.1, 0.15) is 88.0 Å². The van der Waals surface area contributed by atoms with Crippen molar-refractivity contribution < 1.29 is 19.4 Å². The lowest BCUT2D eigenvalue weighted by Crippen LogP contribution is -2.33. The standard InChI is InChI=1S/C25H37NO4/c1-15(2)22-19(9-8-18-12-17(27)13-21(28)29-18)24-20(14-25(4,5)30-24)16(3)23(22)26-10-6-7-11-26/h15,17-18,27H,6-14H2,1-5H3. The third-order valence-electron chi connectivity index (χ3n) is 6.87. The lowest BCUT2D eigenvalue weighted by Gasteiger charge is -2.31. The van der Waals surface area contributed by atoms with E-state index in [1.807, 2.05) is 0 Å². The Bertz CT molecular complexity index is 823. The molecule has 4 rings (SSSR count). The summed E-state index contributed by atoms with van der Waals surface area (Å²) in [5.74, 6) is 1.16. The van der Waals surface area contributed by atoms with Crippen LogP contribution in [0.5, 0.6) is 5.75 Å². The monoisotopic (exact) mass is 415 g/mol. The molecule has 1 aromatic carbocycles. The van der Waals surface area contributed by atoms with Gasteiger partial charge in [-0.3, -0.25) is 4.79 Å². The number of rotatable bonds is 5. The number of carbonyl (C=O) groups excluding carboxylic acids is 1. The van der Waals surface area contributed by atoms with Crippen LogP contribution in [0.25, 0.3) is 0 Å². The first kappa shape index (κ1) is 21.5. The second-order valence-corrected chi connectivity index (χ2v) is 10.3. The summed E-state index contributed by atoms with van der Waals surface area (Å²) in [5, 5.41) is 10.0. The summed E-state index contributed by atoms with van der Waals surface area (Å²) in [5.41, 5.74) is 6.63. The molecule has 30 heavy (non-hydrogen) atoms. The van der Waals surface area contributed by atoms with Crippen molar-refractivity contribution in [3.8, 4) is 5.75 Å². The molecule has 2 atom stereocenters. The number of hydrogen-bond acceptors (Lipinski definition) is 5. The minimum atomic E-state index is -0.583. The highest BCUT2D eigenvalue weighted by Gasteiger charge is 2.38. The maximum Gasteiger partial charge on any atom is 0.308 e. The van der Waals surface area contributed by atoms with Gasteiger partial charge < -0.3 is 19.5 Å². The Labute approximate surface area is 180 Å². The Morgan fingerprint density at radius 2 is 1.93 bits per heavy atom. The fraction of sp³-hybridized carbons (Fsp3) is 0.720. The van der Waals surface area contributed by atoms with Gasteiger partial charge in [0.1, 0.15) is 17.5 Å². The first-order valence-electron chi connectivity index (χ1n) is 11.7. The van der Waals surface area contributed by atoms with Gasteiger partial charge in [-0.2, -0.15) is 0 Å². The molecule has 0 aliphatic carbocycles. The predicted molar refractivity (Wildman–Crippen MR) is 119 cm³/mol. The first-order valence-corrected chi connectivity index (χ1v) is 11.7. The number of esters is 1. The van der Waals surface area contributed by atoms with Crippen LogP contribution in [0.3, 0.4) is 0 Å². The average Bonchev–Trinajstić information content (AvgIpc) is 3.27. The van der Waals surface area contributed by atoms with Gasteiger partial charge in [-0.25, -0.2) is 0 Å². The molecule has 5 nitrogen and oxygen atoms in total. The van der Waals surface area contributed by atoms with Gasteiger partial charge >= 0.3 is 5.97 Å². The lowest BCUT2D eigenvalue weighted by atomic mass is 9.84. The number of fused-ring (bicyclic) bond motifs is 1. The van der Waals surface area contributed by atoms with E-state index in [-0.39, 0.29) is 24.1 Å². The largest absolute Gasteiger partial charge is 0.487 e. The van der Waals surface area contributed by atoms with E-state index in [0.717, 1.165) is 38.1 Å². The second-order valence-electron chi connectivity index (χ2n) is 10.3. The summed E-state index contributed by atoms with van der Waals surface area (Å²) in [6.45, 7) is 13.4. The lowest BCUT2D eigenvalue weighted by molar-refractivity contribution is -0.160. The van der Waals surface area contributed by atoms with Crippen LogP contribution in [-0.2, 0) is 22.4 Å². The number of benzene rings is 1. The van der Waals surface area contributed by atoms with Gasteiger partial charge in [-0.15, -0.1) is 0 Å². The van der Waals surface area contributed by atoms with Crippen LogP contribution in [-0.4, -0.2) is 42.0 Å². The minimum Gasteiger partial charge on any atom is -0.487 e. The number of carbonyl (C=O) groups is 1. The molecule has 1 N–H and O–H groups in total. The molecular weight excluding hydrogens is 378 g/mol. The topological polar surface area (TPSA) is 59.0 Å². The van der Waals surface area contributed by atoms with Crippen LogP contribution >= 0.6 is 0 Å². The molecule has 2 unspecified atom stereocenters. The Morgan fingerprint density at radius 1 is 1.23 bits per heavy atom. The van der Waals surface area contributed by atoms with Gasteiger partial charge in [-0.1, -0.05) is 13.8 Å². The maximum atomic E-state index is 11.8. The van der Waals surface area contributed by atoms with Crippen LogP contribution in [0.4, 0.5) is 5.69 Å². The molecule has 0 bridgehead atoms. The third-order valence-corrected chi connectivity index (χ3v) is 6.87. The van der Waals surface area contributed by atoms with Gasteiger partial charge in [0.2, 0.25) is 0 Å². The van der Waals surface area contributed by atoms with E-state index in [1.165, 1.54) is 40.8 Å². The highest BCUT2D eigenvalue weighted by Crippen LogP contribution is 2.49. The summed E-state index contributed by atoms with van der Waals surface area (Å²) >= 11 is 0. The zero-order valence-electron chi connectivity index (χ0n) is 19.2. The molecule has 3 aliphatic rings. The number of hydrogen-bond donors (Lipinski definition) is 1. The highest BCUT2D eigenvalue weighted by atomic mass is 16.5. The summed E-state index contributed by atoms with van der Waals surface area (Å²) in [4.78, 5) is 14.4. The number of aliphatic hydroxyl groups excluding tert-OH is 1. The van der Waals surface area contributed by atoms with Crippen LogP contribution in [0.15, 0.2) is 0 Å². The first-order chi connectivity index (χ1) is 14.2. The van der Waals surface area contributed by atoms with Crippen molar-refractivity contribution in [2.24, 2.45) is 0 Å². The molecular formula is C25H37NO4.